The van der Waals surface area contributed by atoms with Crippen LogP contribution in [0.3, 0.4) is 0 Å². The number of anilines is 1. The first kappa shape index (κ1) is 17.4. The van der Waals surface area contributed by atoms with Gasteiger partial charge in [-0.25, -0.2) is 4.98 Å². The van der Waals surface area contributed by atoms with Crippen molar-refractivity contribution in [3.8, 4) is 0 Å². The number of amides is 1. The van der Waals surface area contributed by atoms with Gasteiger partial charge in [0, 0.05) is 30.7 Å². The lowest BCUT2D eigenvalue weighted by molar-refractivity contribution is -0.122. The second-order valence-electron chi connectivity index (χ2n) is 7.83. The van der Waals surface area contributed by atoms with Gasteiger partial charge in [-0.3, -0.25) is 4.79 Å². The highest BCUT2D eigenvalue weighted by atomic mass is 16.2. The van der Waals surface area contributed by atoms with Crippen LogP contribution in [0.1, 0.15) is 57.8 Å². The van der Waals surface area contributed by atoms with Gasteiger partial charge in [0.15, 0.2) is 0 Å². The monoisotopic (exact) mass is 354 g/mol. The Morgan fingerprint density at radius 2 is 1.73 bits per heavy atom. The minimum absolute atomic E-state index is 0.111. The Hall–Kier alpha value is -2.04. The summed E-state index contributed by atoms with van der Waals surface area (Å²) in [5.74, 6) is 1.15. The van der Waals surface area contributed by atoms with Gasteiger partial charge in [-0.2, -0.15) is 0 Å². The molecule has 0 bridgehead atoms. The fraction of sp³-hybridized carbons (Fsp3) is 0.619. The highest BCUT2D eigenvalue weighted by Gasteiger charge is 2.17. The molecule has 0 spiro atoms. The van der Waals surface area contributed by atoms with Gasteiger partial charge in [0.2, 0.25) is 5.91 Å². The van der Waals surface area contributed by atoms with Crippen LogP contribution in [0.25, 0.3) is 11.0 Å². The molecule has 1 saturated carbocycles. The van der Waals surface area contributed by atoms with E-state index in [4.69, 9.17) is 4.98 Å². The van der Waals surface area contributed by atoms with Crippen molar-refractivity contribution < 1.29 is 4.79 Å². The number of hydrogen-bond donors (Lipinski definition) is 1. The number of piperidine rings is 1. The lowest BCUT2D eigenvalue weighted by Crippen LogP contribution is -2.36. The second kappa shape index (κ2) is 8.11. The Kier molecular flexibility index (Phi) is 5.42. The van der Waals surface area contributed by atoms with Crippen LogP contribution >= 0.6 is 0 Å². The Morgan fingerprint density at radius 3 is 2.50 bits per heavy atom. The van der Waals surface area contributed by atoms with E-state index in [1.54, 1.807) is 0 Å². The first-order valence-corrected chi connectivity index (χ1v) is 10.3. The summed E-state index contributed by atoms with van der Waals surface area (Å²) in [5.41, 5.74) is 0.920. The number of carbonyl (C=O) groups is 1. The summed E-state index contributed by atoms with van der Waals surface area (Å²) in [6, 6.07) is 6.65. The average molecular weight is 354 g/mol. The third-order valence-electron chi connectivity index (χ3n) is 5.81. The molecule has 0 radical (unpaired) electrons. The van der Waals surface area contributed by atoms with Crippen LogP contribution in [0.5, 0.6) is 0 Å². The van der Waals surface area contributed by atoms with Crippen molar-refractivity contribution >= 4 is 22.8 Å². The van der Waals surface area contributed by atoms with E-state index in [2.05, 4.69) is 28.4 Å². The predicted octanol–water partition coefficient (Wildman–Crippen LogP) is 3.87. The SMILES string of the molecule is O=C(Cn1ccc2ccc(N3CCCCC3)nc21)NC1CCCCCC1. The van der Waals surface area contributed by atoms with Gasteiger partial charge in [0.05, 0.1) is 0 Å². The van der Waals surface area contributed by atoms with Gasteiger partial charge in [-0.05, 0) is 50.3 Å². The topological polar surface area (TPSA) is 50.2 Å². The maximum Gasteiger partial charge on any atom is 0.240 e. The Morgan fingerprint density at radius 1 is 1.00 bits per heavy atom. The number of hydrogen-bond acceptors (Lipinski definition) is 3. The average Bonchev–Trinajstić information content (AvgIpc) is 2.88. The lowest BCUT2D eigenvalue weighted by atomic mass is 10.1. The molecule has 5 nitrogen and oxygen atoms in total. The van der Waals surface area contributed by atoms with Crippen molar-refractivity contribution in [1.29, 1.82) is 0 Å². The Labute approximate surface area is 155 Å². The number of nitrogens with one attached hydrogen (secondary N) is 1. The molecule has 1 aliphatic carbocycles. The van der Waals surface area contributed by atoms with Gasteiger partial charge >= 0.3 is 0 Å². The Bertz CT molecular complexity index is 740. The smallest absolute Gasteiger partial charge is 0.240 e. The number of rotatable bonds is 4. The molecule has 2 aliphatic rings. The van der Waals surface area contributed by atoms with Gasteiger partial charge in [0.25, 0.3) is 0 Å². The van der Waals surface area contributed by atoms with E-state index < -0.39 is 0 Å². The van der Waals surface area contributed by atoms with Crippen LogP contribution in [0.15, 0.2) is 24.4 Å². The molecule has 1 amide bonds. The summed E-state index contributed by atoms with van der Waals surface area (Å²) < 4.78 is 1.99. The molecule has 3 heterocycles. The highest BCUT2D eigenvalue weighted by molar-refractivity contribution is 5.82. The molecule has 1 aliphatic heterocycles. The molecule has 26 heavy (non-hydrogen) atoms. The van der Waals surface area contributed by atoms with Crippen LogP contribution in [-0.2, 0) is 11.3 Å². The molecule has 5 heteroatoms. The van der Waals surface area contributed by atoms with Crippen LogP contribution < -0.4 is 10.2 Å². The number of fused-ring (bicyclic) bond motifs is 1. The zero-order valence-corrected chi connectivity index (χ0v) is 15.6. The Balaban J connectivity index is 1.46. The van der Waals surface area contributed by atoms with Crippen molar-refractivity contribution in [1.82, 2.24) is 14.9 Å². The predicted molar refractivity (Wildman–Crippen MR) is 105 cm³/mol. The molecule has 1 N–H and O–H groups in total. The van der Waals surface area contributed by atoms with Crippen molar-refractivity contribution in [2.75, 3.05) is 18.0 Å². The summed E-state index contributed by atoms with van der Waals surface area (Å²) >= 11 is 0. The number of pyridine rings is 1. The molecule has 2 aromatic rings. The summed E-state index contributed by atoms with van der Waals surface area (Å²) in [4.78, 5) is 19.8. The quantitative estimate of drug-likeness (QED) is 0.848. The summed E-state index contributed by atoms with van der Waals surface area (Å²) in [5, 5.41) is 4.35. The van der Waals surface area contributed by atoms with E-state index in [0.717, 1.165) is 42.8 Å². The van der Waals surface area contributed by atoms with Gasteiger partial charge < -0.3 is 14.8 Å². The zero-order valence-electron chi connectivity index (χ0n) is 15.6. The maximum absolute atomic E-state index is 12.6. The zero-order chi connectivity index (χ0) is 17.8. The lowest BCUT2D eigenvalue weighted by Gasteiger charge is -2.27. The molecule has 0 atom stereocenters. The molecular formula is C21H30N4O. The fourth-order valence-electron chi connectivity index (χ4n) is 4.33. The number of aromatic nitrogens is 2. The largest absolute Gasteiger partial charge is 0.357 e. The molecule has 140 valence electrons. The fourth-order valence-corrected chi connectivity index (χ4v) is 4.33. The van der Waals surface area contributed by atoms with E-state index in [1.807, 2.05) is 10.8 Å². The van der Waals surface area contributed by atoms with Crippen LogP contribution in [-0.4, -0.2) is 34.6 Å². The van der Waals surface area contributed by atoms with Crippen LogP contribution in [0.4, 0.5) is 5.82 Å². The van der Waals surface area contributed by atoms with E-state index in [1.165, 1.54) is 44.9 Å². The minimum atomic E-state index is 0.111. The molecular weight excluding hydrogens is 324 g/mol. The van der Waals surface area contributed by atoms with E-state index >= 15 is 0 Å². The van der Waals surface area contributed by atoms with Crippen molar-refractivity contribution in [3.05, 3.63) is 24.4 Å². The third kappa shape index (κ3) is 4.02. The van der Waals surface area contributed by atoms with Crippen LogP contribution in [0.2, 0.25) is 0 Å². The van der Waals surface area contributed by atoms with E-state index in [-0.39, 0.29) is 5.91 Å². The normalized spacial score (nSPS) is 19.5. The van der Waals surface area contributed by atoms with E-state index in [9.17, 15) is 4.79 Å². The third-order valence-corrected chi connectivity index (χ3v) is 5.81. The molecule has 1 saturated heterocycles. The second-order valence-corrected chi connectivity index (χ2v) is 7.83. The molecule has 2 aromatic heterocycles. The van der Waals surface area contributed by atoms with Crippen molar-refractivity contribution in [2.45, 2.75) is 70.4 Å². The van der Waals surface area contributed by atoms with Gasteiger partial charge in [-0.15, -0.1) is 0 Å². The van der Waals surface area contributed by atoms with Crippen molar-refractivity contribution in [2.24, 2.45) is 0 Å². The van der Waals surface area contributed by atoms with Crippen molar-refractivity contribution in [3.63, 3.8) is 0 Å². The first-order valence-electron chi connectivity index (χ1n) is 10.3. The summed E-state index contributed by atoms with van der Waals surface area (Å²) in [6.45, 7) is 2.53. The van der Waals surface area contributed by atoms with Crippen LogP contribution in [0, 0.1) is 0 Å². The van der Waals surface area contributed by atoms with E-state index in [0.29, 0.717) is 12.6 Å². The first-order chi connectivity index (χ1) is 12.8. The molecule has 0 unspecified atom stereocenters. The summed E-state index contributed by atoms with van der Waals surface area (Å²) in [7, 11) is 0. The highest BCUT2D eigenvalue weighted by Crippen LogP contribution is 2.22. The minimum Gasteiger partial charge on any atom is -0.357 e. The van der Waals surface area contributed by atoms with Gasteiger partial charge in [0.1, 0.15) is 18.0 Å². The number of nitrogens with zero attached hydrogens (tertiary/aromatic N) is 3. The standard InChI is InChI=1S/C21H30N4O/c26-20(22-18-8-4-1-2-5-9-18)16-25-15-12-17-10-11-19(23-21(17)25)24-13-6-3-7-14-24/h10-12,15,18H,1-9,13-14,16H2,(H,22,26). The summed E-state index contributed by atoms with van der Waals surface area (Å²) in [6.07, 6.45) is 13.1. The molecule has 0 aromatic carbocycles. The maximum atomic E-state index is 12.6. The van der Waals surface area contributed by atoms with Gasteiger partial charge in [-0.1, -0.05) is 25.7 Å². The molecule has 2 fully saturated rings. The molecule has 4 rings (SSSR count). The number of carbonyl (C=O) groups excluding carboxylic acids is 1.